The summed E-state index contributed by atoms with van der Waals surface area (Å²) >= 11 is 0. The molecule has 110 valence electrons. The zero-order valence-electron chi connectivity index (χ0n) is 12.3. The van der Waals surface area contributed by atoms with Crippen LogP contribution in [-0.2, 0) is 4.74 Å². The Morgan fingerprint density at radius 2 is 2.15 bits per heavy atom. The molecule has 3 heteroatoms. The van der Waals surface area contributed by atoms with E-state index in [0.29, 0.717) is 17.9 Å². The Bertz CT molecular complexity index is 435. The zero-order valence-corrected chi connectivity index (χ0v) is 12.3. The van der Waals surface area contributed by atoms with Gasteiger partial charge in [0.25, 0.3) is 0 Å². The molecule has 0 saturated carbocycles. The van der Waals surface area contributed by atoms with Crippen molar-refractivity contribution in [3.05, 3.63) is 29.8 Å². The maximum atomic E-state index is 5.81. The number of fused-ring (bicyclic) bond motifs is 1. The van der Waals surface area contributed by atoms with E-state index in [2.05, 4.69) is 36.5 Å². The van der Waals surface area contributed by atoms with Crippen LogP contribution in [0.15, 0.2) is 24.3 Å². The number of hydrogen-bond donors (Lipinski definition) is 1. The quantitative estimate of drug-likeness (QED) is 0.896. The number of nitrogens with one attached hydrogen (secondary N) is 1. The van der Waals surface area contributed by atoms with Crippen molar-refractivity contribution >= 4 is 0 Å². The third-order valence-electron chi connectivity index (χ3n) is 4.52. The van der Waals surface area contributed by atoms with Crippen molar-refractivity contribution in [3.63, 3.8) is 0 Å². The summed E-state index contributed by atoms with van der Waals surface area (Å²) in [7, 11) is 0. The first kappa shape index (κ1) is 13.9. The highest BCUT2D eigenvalue weighted by molar-refractivity contribution is 5.39. The molecule has 0 radical (unpaired) electrons. The highest BCUT2D eigenvalue weighted by Gasteiger charge is 2.31. The Morgan fingerprint density at radius 3 is 3.05 bits per heavy atom. The van der Waals surface area contributed by atoms with E-state index < -0.39 is 0 Å². The summed E-state index contributed by atoms with van der Waals surface area (Å²) in [5, 5.41) is 3.70. The van der Waals surface area contributed by atoms with Crippen LogP contribution in [0.25, 0.3) is 0 Å². The Balaban J connectivity index is 1.64. The molecule has 2 heterocycles. The molecule has 1 saturated heterocycles. The lowest BCUT2D eigenvalue weighted by Gasteiger charge is -2.33. The van der Waals surface area contributed by atoms with E-state index in [9.17, 15) is 0 Å². The van der Waals surface area contributed by atoms with Crippen LogP contribution in [0.5, 0.6) is 5.75 Å². The SMILES string of the molecule is CCCNC1CCOCC1CC1COc2ccccc21. The normalized spacial score (nSPS) is 28.9. The lowest BCUT2D eigenvalue weighted by Crippen LogP contribution is -2.43. The number of para-hydroxylation sites is 1. The van der Waals surface area contributed by atoms with E-state index >= 15 is 0 Å². The largest absolute Gasteiger partial charge is 0.493 e. The lowest BCUT2D eigenvalue weighted by molar-refractivity contribution is 0.0253. The van der Waals surface area contributed by atoms with Gasteiger partial charge >= 0.3 is 0 Å². The summed E-state index contributed by atoms with van der Waals surface area (Å²) in [4.78, 5) is 0. The number of hydrogen-bond acceptors (Lipinski definition) is 3. The van der Waals surface area contributed by atoms with E-state index in [1.807, 2.05) is 0 Å². The van der Waals surface area contributed by atoms with Crippen LogP contribution < -0.4 is 10.1 Å². The molecule has 0 amide bonds. The van der Waals surface area contributed by atoms with Gasteiger partial charge in [0, 0.05) is 24.1 Å². The minimum atomic E-state index is 0.531. The van der Waals surface area contributed by atoms with Gasteiger partial charge in [-0.15, -0.1) is 0 Å². The molecular weight excluding hydrogens is 250 g/mol. The first-order valence-corrected chi connectivity index (χ1v) is 7.91. The molecule has 0 aromatic heterocycles. The monoisotopic (exact) mass is 275 g/mol. The molecule has 3 rings (SSSR count). The maximum Gasteiger partial charge on any atom is 0.122 e. The third kappa shape index (κ3) is 2.99. The fraction of sp³-hybridized carbons (Fsp3) is 0.647. The average molecular weight is 275 g/mol. The van der Waals surface area contributed by atoms with Crippen LogP contribution in [0, 0.1) is 5.92 Å². The van der Waals surface area contributed by atoms with Crippen molar-refractivity contribution in [2.24, 2.45) is 5.92 Å². The Morgan fingerprint density at radius 1 is 1.25 bits per heavy atom. The molecule has 2 aliphatic rings. The molecule has 1 aromatic carbocycles. The Hall–Kier alpha value is -1.06. The van der Waals surface area contributed by atoms with E-state index in [-0.39, 0.29) is 0 Å². The van der Waals surface area contributed by atoms with Gasteiger partial charge in [0.1, 0.15) is 5.75 Å². The van der Waals surface area contributed by atoms with Crippen molar-refractivity contribution in [2.45, 2.75) is 38.1 Å². The predicted molar refractivity (Wildman–Crippen MR) is 80.3 cm³/mol. The van der Waals surface area contributed by atoms with Crippen LogP contribution >= 0.6 is 0 Å². The molecule has 2 aliphatic heterocycles. The molecule has 3 unspecified atom stereocenters. The summed E-state index contributed by atoms with van der Waals surface area (Å²) in [6, 6.07) is 9.07. The van der Waals surface area contributed by atoms with Gasteiger partial charge in [0.15, 0.2) is 0 Å². The van der Waals surface area contributed by atoms with Gasteiger partial charge in [-0.25, -0.2) is 0 Å². The molecule has 1 fully saturated rings. The van der Waals surface area contributed by atoms with Gasteiger partial charge in [-0.3, -0.25) is 0 Å². The summed E-state index contributed by atoms with van der Waals surface area (Å²) in [5.41, 5.74) is 1.38. The number of ether oxygens (including phenoxy) is 2. The highest BCUT2D eigenvalue weighted by Crippen LogP contribution is 2.38. The molecule has 1 aromatic rings. The minimum absolute atomic E-state index is 0.531. The smallest absolute Gasteiger partial charge is 0.122 e. The molecule has 1 N–H and O–H groups in total. The first-order chi connectivity index (χ1) is 9.88. The second-order valence-corrected chi connectivity index (χ2v) is 5.97. The van der Waals surface area contributed by atoms with Crippen LogP contribution in [0.3, 0.4) is 0 Å². The topological polar surface area (TPSA) is 30.5 Å². The van der Waals surface area contributed by atoms with Gasteiger partial charge in [-0.05, 0) is 37.8 Å². The molecule has 3 nitrogen and oxygen atoms in total. The summed E-state index contributed by atoms with van der Waals surface area (Å²) in [6.45, 7) is 5.95. The van der Waals surface area contributed by atoms with Crippen LogP contribution in [0.1, 0.15) is 37.7 Å². The Labute approximate surface area is 121 Å². The zero-order chi connectivity index (χ0) is 13.8. The second kappa shape index (κ2) is 6.59. The highest BCUT2D eigenvalue weighted by atomic mass is 16.5. The molecule has 20 heavy (non-hydrogen) atoms. The van der Waals surface area contributed by atoms with Gasteiger partial charge < -0.3 is 14.8 Å². The van der Waals surface area contributed by atoms with Gasteiger partial charge in [0.2, 0.25) is 0 Å². The van der Waals surface area contributed by atoms with Gasteiger partial charge in [-0.1, -0.05) is 25.1 Å². The second-order valence-electron chi connectivity index (χ2n) is 5.97. The van der Waals surface area contributed by atoms with Crippen molar-refractivity contribution in [1.29, 1.82) is 0 Å². The van der Waals surface area contributed by atoms with E-state index in [1.165, 1.54) is 18.4 Å². The number of benzene rings is 1. The standard InChI is InChI=1S/C17H25NO2/c1-2-8-18-16-7-9-19-11-14(16)10-13-12-20-17-6-4-3-5-15(13)17/h3-6,13-14,16,18H,2,7-12H2,1H3. The summed E-state index contributed by atoms with van der Waals surface area (Å²) in [5.74, 6) is 2.21. The Kier molecular flexibility index (Phi) is 4.58. The molecule has 3 atom stereocenters. The molecular formula is C17H25NO2. The lowest BCUT2D eigenvalue weighted by atomic mass is 9.84. The fourth-order valence-corrected chi connectivity index (χ4v) is 3.42. The summed E-state index contributed by atoms with van der Waals surface area (Å²) in [6.07, 6.45) is 3.50. The molecule has 0 aliphatic carbocycles. The molecule has 0 spiro atoms. The average Bonchev–Trinajstić information content (AvgIpc) is 2.90. The van der Waals surface area contributed by atoms with Crippen molar-refractivity contribution < 1.29 is 9.47 Å². The maximum absolute atomic E-state index is 5.81. The van der Waals surface area contributed by atoms with E-state index in [1.54, 1.807) is 0 Å². The van der Waals surface area contributed by atoms with Crippen LogP contribution in [0.2, 0.25) is 0 Å². The summed E-state index contributed by atoms with van der Waals surface area (Å²) < 4.78 is 11.5. The van der Waals surface area contributed by atoms with Gasteiger partial charge in [0.05, 0.1) is 13.2 Å². The number of rotatable bonds is 5. The fourth-order valence-electron chi connectivity index (χ4n) is 3.42. The molecule has 0 bridgehead atoms. The van der Waals surface area contributed by atoms with Crippen LogP contribution in [0.4, 0.5) is 0 Å². The van der Waals surface area contributed by atoms with E-state index in [4.69, 9.17) is 9.47 Å². The van der Waals surface area contributed by atoms with Crippen molar-refractivity contribution in [2.75, 3.05) is 26.4 Å². The van der Waals surface area contributed by atoms with Gasteiger partial charge in [-0.2, -0.15) is 0 Å². The predicted octanol–water partition coefficient (Wildman–Crippen LogP) is 2.96. The van der Waals surface area contributed by atoms with E-state index in [0.717, 1.165) is 38.5 Å². The van der Waals surface area contributed by atoms with Crippen molar-refractivity contribution in [3.8, 4) is 5.75 Å². The van der Waals surface area contributed by atoms with Crippen LogP contribution in [-0.4, -0.2) is 32.4 Å². The third-order valence-corrected chi connectivity index (χ3v) is 4.52. The minimum Gasteiger partial charge on any atom is -0.493 e. The van der Waals surface area contributed by atoms with Crippen molar-refractivity contribution in [1.82, 2.24) is 5.32 Å². The first-order valence-electron chi connectivity index (χ1n) is 7.91.